The van der Waals surface area contributed by atoms with Gasteiger partial charge < -0.3 is 4.90 Å². The molecule has 1 atom stereocenters. The average molecular weight is 192 g/mol. The summed E-state index contributed by atoms with van der Waals surface area (Å²) in [6.07, 6.45) is 2.02. The van der Waals surface area contributed by atoms with Gasteiger partial charge in [-0.05, 0) is 18.3 Å². The molecule has 1 fully saturated rings. The highest BCUT2D eigenvalue weighted by atomic mass is 15.2. The van der Waals surface area contributed by atoms with Crippen molar-refractivity contribution in [2.45, 2.75) is 33.6 Å². The average Bonchev–Trinajstić information content (AvgIpc) is 2.48. The summed E-state index contributed by atoms with van der Waals surface area (Å²) in [5.41, 5.74) is 1.48. The van der Waals surface area contributed by atoms with Crippen LogP contribution >= 0.6 is 0 Å². The Bertz CT molecular complexity index is 254. The van der Waals surface area contributed by atoms with Crippen molar-refractivity contribution >= 4 is 0 Å². The van der Waals surface area contributed by atoms with E-state index in [2.05, 4.69) is 38.3 Å². The Balaban J connectivity index is 2.45. The van der Waals surface area contributed by atoms with Crippen LogP contribution in [0.15, 0.2) is 12.3 Å². The summed E-state index contributed by atoms with van der Waals surface area (Å²) in [5.74, 6) is 0.215. The summed E-state index contributed by atoms with van der Waals surface area (Å²) in [6.45, 7) is 12.6. The Morgan fingerprint density at radius 3 is 2.64 bits per heavy atom. The zero-order chi connectivity index (χ0) is 10.8. The van der Waals surface area contributed by atoms with Gasteiger partial charge in [-0.15, -0.1) is 0 Å². The van der Waals surface area contributed by atoms with Crippen molar-refractivity contribution in [2.24, 2.45) is 11.3 Å². The summed E-state index contributed by atoms with van der Waals surface area (Å²) in [5, 5.41) is 8.79. The van der Waals surface area contributed by atoms with E-state index in [0.29, 0.717) is 5.41 Å². The Kier molecular flexibility index (Phi) is 3.21. The van der Waals surface area contributed by atoms with Gasteiger partial charge in [-0.2, -0.15) is 5.26 Å². The Morgan fingerprint density at radius 1 is 1.57 bits per heavy atom. The number of rotatable bonds is 2. The molecule has 1 unspecified atom stereocenters. The number of nitrogens with zero attached hydrogens (tertiary/aromatic N) is 2. The predicted molar refractivity (Wildman–Crippen MR) is 58.5 cm³/mol. The molecule has 14 heavy (non-hydrogen) atoms. The third-order valence-electron chi connectivity index (χ3n) is 2.55. The van der Waals surface area contributed by atoms with Crippen molar-refractivity contribution in [3.05, 3.63) is 12.3 Å². The smallest absolute Gasteiger partial charge is 0.0675 e. The first-order valence-electron chi connectivity index (χ1n) is 5.25. The molecule has 0 bridgehead atoms. The van der Waals surface area contributed by atoms with E-state index in [-0.39, 0.29) is 5.92 Å². The molecular formula is C12H20N2. The molecule has 2 nitrogen and oxygen atoms in total. The maximum Gasteiger partial charge on any atom is 0.0675 e. The molecule has 1 heterocycles. The fourth-order valence-electron chi connectivity index (χ4n) is 1.88. The molecule has 0 saturated carbocycles. The second-order valence-corrected chi connectivity index (χ2v) is 5.36. The zero-order valence-corrected chi connectivity index (χ0v) is 9.51. The molecule has 1 aliphatic rings. The fourth-order valence-corrected chi connectivity index (χ4v) is 1.88. The van der Waals surface area contributed by atoms with E-state index in [1.165, 1.54) is 5.70 Å². The Morgan fingerprint density at radius 2 is 2.21 bits per heavy atom. The van der Waals surface area contributed by atoms with Crippen LogP contribution in [0.25, 0.3) is 0 Å². The molecule has 1 saturated heterocycles. The van der Waals surface area contributed by atoms with Crippen LogP contribution in [0.1, 0.15) is 33.6 Å². The summed E-state index contributed by atoms with van der Waals surface area (Å²) in [4.78, 5) is 2.26. The molecular weight excluding hydrogens is 172 g/mol. The summed E-state index contributed by atoms with van der Waals surface area (Å²) >= 11 is 0. The first-order chi connectivity index (χ1) is 6.42. The standard InChI is InChI=1S/C12H20N2/c1-10(7-12(2,3)4)14-6-5-11(8-13)9-14/h11H,1,5-7,9H2,2-4H3. The highest BCUT2D eigenvalue weighted by Gasteiger charge is 2.24. The van der Waals surface area contributed by atoms with E-state index in [1.54, 1.807) is 0 Å². The lowest BCUT2D eigenvalue weighted by Crippen LogP contribution is -2.22. The topological polar surface area (TPSA) is 27.0 Å². The van der Waals surface area contributed by atoms with Crippen LogP contribution in [0.3, 0.4) is 0 Å². The van der Waals surface area contributed by atoms with Gasteiger partial charge in [-0.25, -0.2) is 0 Å². The van der Waals surface area contributed by atoms with E-state index in [0.717, 1.165) is 25.9 Å². The van der Waals surface area contributed by atoms with Gasteiger partial charge in [-0.3, -0.25) is 0 Å². The minimum atomic E-state index is 0.215. The predicted octanol–water partition coefficient (Wildman–Crippen LogP) is 2.78. The van der Waals surface area contributed by atoms with E-state index < -0.39 is 0 Å². The lowest BCUT2D eigenvalue weighted by molar-refractivity contribution is 0.326. The third kappa shape index (κ3) is 3.06. The normalized spacial score (nSPS) is 22.1. The van der Waals surface area contributed by atoms with Crippen LogP contribution in [0.5, 0.6) is 0 Å². The minimum absolute atomic E-state index is 0.215. The van der Waals surface area contributed by atoms with E-state index in [4.69, 9.17) is 5.26 Å². The summed E-state index contributed by atoms with van der Waals surface area (Å²) in [7, 11) is 0. The highest BCUT2D eigenvalue weighted by molar-refractivity contribution is 5.03. The van der Waals surface area contributed by atoms with Crippen molar-refractivity contribution in [1.29, 1.82) is 5.26 Å². The van der Waals surface area contributed by atoms with Gasteiger partial charge in [0.25, 0.3) is 0 Å². The van der Waals surface area contributed by atoms with Gasteiger partial charge in [0.15, 0.2) is 0 Å². The first kappa shape index (κ1) is 11.1. The SMILES string of the molecule is C=C(CC(C)(C)C)N1CCC(C#N)C1. The molecule has 0 radical (unpaired) electrons. The van der Waals surface area contributed by atoms with Crippen LogP contribution in [-0.2, 0) is 0 Å². The monoisotopic (exact) mass is 192 g/mol. The van der Waals surface area contributed by atoms with Crippen LogP contribution in [0.4, 0.5) is 0 Å². The molecule has 0 aromatic heterocycles. The van der Waals surface area contributed by atoms with Crippen LogP contribution in [0, 0.1) is 22.7 Å². The largest absolute Gasteiger partial charge is 0.374 e. The molecule has 2 heteroatoms. The molecule has 78 valence electrons. The molecule has 1 rings (SSSR count). The zero-order valence-electron chi connectivity index (χ0n) is 9.51. The van der Waals surface area contributed by atoms with Gasteiger partial charge in [0.1, 0.15) is 0 Å². The van der Waals surface area contributed by atoms with Gasteiger partial charge in [0, 0.05) is 18.8 Å². The molecule has 0 aromatic carbocycles. The van der Waals surface area contributed by atoms with E-state index in [9.17, 15) is 0 Å². The van der Waals surface area contributed by atoms with Gasteiger partial charge in [-0.1, -0.05) is 27.4 Å². The van der Waals surface area contributed by atoms with Gasteiger partial charge >= 0.3 is 0 Å². The van der Waals surface area contributed by atoms with Gasteiger partial charge in [0.05, 0.1) is 12.0 Å². The van der Waals surface area contributed by atoms with E-state index in [1.807, 2.05) is 0 Å². The number of likely N-dealkylation sites (tertiary alicyclic amines) is 1. The Labute approximate surface area is 87.2 Å². The van der Waals surface area contributed by atoms with Crippen molar-refractivity contribution in [2.75, 3.05) is 13.1 Å². The van der Waals surface area contributed by atoms with Gasteiger partial charge in [0.2, 0.25) is 0 Å². The van der Waals surface area contributed by atoms with Crippen molar-refractivity contribution in [1.82, 2.24) is 4.90 Å². The molecule has 0 spiro atoms. The quantitative estimate of drug-likeness (QED) is 0.672. The molecule has 0 aromatic rings. The number of allylic oxidation sites excluding steroid dienone is 1. The molecule has 0 N–H and O–H groups in total. The number of hydrogen-bond acceptors (Lipinski definition) is 2. The summed E-state index contributed by atoms with van der Waals surface area (Å²) < 4.78 is 0. The second-order valence-electron chi connectivity index (χ2n) is 5.36. The third-order valence-corrected chi connectivity index (χ3v) is 2.55. The van der Waals surface area contributed by atoms with Crippen LogP contribution in [0.2, 0.25) is 0 Å². The summed E-state index contributed by atoms with van der Waals surface area (Å²) in [6, 6.07) is 2.33. The van der Waals surface area contributed by atoms with Crippen molar-refractivity contribution in [3.63, 3.8) is 0 Å². The lowest BCUT2D eigenvalue weighted by atomic mass is 9.90. The lowest BCUT2D eigenvalue weighted by Gasteiger charge is -2.27. The maximum atomic E-state index is 8.79. The van der Waals surface area contributed by atoms with Crippen LogP contribution < -0.4 is 0 Å². The van der Waals surface area contributed by atoms with E-state index >= 15 is 0 Å². The molecule has 0 amide bonds. The highest BCUT2D eigenvalue weighted by Crippen LogP contribution is 2.28. The Hall–Kier alpha value is -0.970. The minimum Gasteiger partial charge on any atom is -0.374 e. The number of hydrogen-bond donors (Lipinski definition) is 0. The fraction of sp³-hybridized carbons (Fsp3) is 0.750. The molecule has 0 aliphatic carbocycles. The maximum absolute atomic E-state index is 8.79. The first-order valence-corrected chi connectivity index (χ1v) is 5.25. The van der Waals surface area contributed by atoms with Crippen molar-refractivity contribution in [3.8, 4) is 6.07 Å². The second kappa shape index (κ2) is 4.04. The molecule has 1 aliphatic heterocycles. The number of nitriles is 1. The van der Waals surface area contributed by atoms with Crippen LogP contribution in [-0.4, -0.2) is 18.0 Å². The van der Waals surface area contributed by atoms with Crippen molar-refractivity contribution < 1.29 is 0 Å².